The third kappa shape index (κ3) is 3.70. The molecule has 1 fully saturated rings. The van der Waals surface area contributed by atoms with Gasteiger partial charge in [-0.3, -0.25) is 4.79 Å². The van der Waals surface area contributed by atoms with Crippen molar-refractivity contribution in [3.63, 3.8) is 0 Å². The maximum absolute atomic E-state index is 12.5. The molecular weight excluding hydrogens is 356 g/mol. The van der Waals surface area contributed by atoms with E-state index in [1.165, 1.54) is 12.3 Å². The van der Waals surface area contributed by atoms with Crippen molar-refractivity contribution in [2.45, 2.75) is 26.3 Å². The van der Waals surface area contributed by atoms with Gasteiger partial charge in [0.15, 0.2) is 16.4 Å². The summed E-state index contributed by atoms with van der Waals surface area (Å²) in [6.07, 6.45) is 2.02. The molecule has 7 nitrogen and oxygen atoms in total. The van der Waals surface area contributed by atoms with Crippen LogP contribution in [0.5, 0.6) is 0 Å². The van der Waals surface area contributed by atoms with Crippen molar-refractivity contribution in [2.24, 2.45) is 0 Å². The van der Waals surface area contributed by atoms with Gasteiger partial charge in [0, 0.05) is 29.2 Å². The highest BCUT2D eigenvalue weighted by atomic mass is 32.2. The van der Waals surface area contributed by atoms with Crippen LogP contribution < -0.4 is 0 Å². The topological polar surface area (TPSA) is 95.3 Å². The molecule has 0 N–H and O–H groups in total. The number of aryl methyl sites for hydroxylation is 1. The Morgan fingerprint density at radius 1 is 1.31 bits per heavy atom. The molecule has 1 aliphatic rings. The van der Waals surface area contributed by atoms with Crippen LogP contribution in [0.25, 0.3) is 0 Å². The van der Waals surface area contributed by atoms with Gasteiger partial charge in [-0.05, 0) is 38.5 Å². The van der Waals surface area contributed by atoms with Gasteiger partial charge < -0.3 is 9.30 Å². The summed E-state index contributed by atoms with van der Waals surface area (Å²) >= 11 is 0. The molecule has 2 aromatic heterocycles. The van der Waals surface area contributed by atoms with Crippen LogP contribution in [0.4, 0.5) is 0 Å². The van der Waals surface area contributed by atoms with E-state index in [-0.39, 0.29) is 35.6 Å². The molecule has 8 heteroatoms. The lowest BCUT2D eigenvalue weighted by molar-refractivity contribution is 0.0468. The average molecular weight is 376 g/mol. The van der Waals surface area contributed by atoms with Crippen LogP contribution >= 0.6 is 0 Å². The first kappa shape index (κ1) is 18.3. The second-order valence-corrected chi connectivity index (χ2v) is 8.65. The van der Waals surface area contributed by atoms with Crippen LogP contribution in [0.15, 0.2) is 30.5 Å². The predicted octanol–water partition coefficient (Wildman–Crippen LogP) is 1.90. The van der Waals surface area contributed by atoms with Gasteiger partial charge in [0.1, 0.15) is 5.69 Å². The van der Waals surface area contributed by atoms with Gasteiger partial charge in [0.2, 0.25) is 5.78 Å². The lowest BCUT2D eigenvalue weighted by Crippen LogP contribution is -2.17. The molecule has 26 heavy (non-hydrogen) atoms. The van der Waals surface area contributed by atoms with Gasteiger partial charge in [-0.15, -0.1) is 0 Å². The van der Waals surface area contributed by atoms with Gasteiger partial charge in [0.25, 0.3) is 0 Å². The largest absolute Gasteiger partial charge is 0.453 e. The average Bonchev–Trinajstić information content (AvgIpc) is 3.11. The molecule has 0 unspecified atom stereocenters. The fourth-order valence-corrected chi connectivity index (χ4v) is 5.07. The Morgan fingerprint density at radius 3 is 2.69 bits per heavy atom. The van der Waals surface area contributed by atoms with E-state index in [2.05, 4.69) is 4.98 Å². The van der Waals surface area contributed by atoms with E-state index in [0.717, 1.165) is 5.69 Å². The Bertz CT molecular complexity index is 947. The van der Waals surface area contributed by atoms with Gasteiger partial charge in [0.05, 0.1) is 11.5 Å². The maximum atomic E-state index is 12.5. The smallest absolute Gasteiger partial charge is 0.357 e. The third-order valence-corrected chi connectivity index (χ3v) is 6.32. The van der Waals surface area contributed by atoms with Crippen LogP contribution in [-0.4, -0.2) is 47.8 Å². The number of pyridine rings is 1. The van der Waals surface area contributed by atoms with Crippen LogP contribution in [0.3, 0.4) is 0 Å². The lowest BCUT2D eigenvalue weighted by atomic mass is 10.1. The fraction of sp³-hybridized carbons (Fsp3) is 0.389. The predicted molar refractivity (Wildman–Crippen MR) is 95.1 cm³/mol. The van der Waals surface area contributed by atoms with Crippen molar-refractivity contribution >= 4 is 21.6 Å². The molecule has 0 radical (unpaired) electrons. The SMILES string of the molecule is Cc1cc(C(=O)COC(=O)c2ccccn2)c(C)n1[C@H]1CCS(=O)(=O)C1. The van der Waals surface area contributed by atoms with Crippen LogP contribution in [0.1, 0.15) is 44.7 Å². The number of rotatable bonds is 5. The van der Waals surface area contributed by atoms with E-state index >= 15 is 0 Å². The number of hydrogen-bond acceptors (Lipinski definition) is 6. The van der Waals surface area contributed by atoms with Crippen LogP contribution in [-0.2, 0) is 14.6 Å². The monoisotopic (exact) mass is 376 g/mol. The molecule has 0 saturated carbocycles. The highest BCUT2D eigenvalue weighted by molar-refractivity contribution is 7.91. The first-order chi connectivity index (χ1) is 12.3. The summed E-state index contributed by atoms with van der Waals surface area (Å²) in [5.74, 6) is -0.727. The zero-order valence-corrected chi connectivity index (χ0v) is 15.5. The minimum atomic E-state index is -3.02. The van der Waals surface area contributed by atoms with E-state index in [1.54, 1.807) is 25.1 Å². The van der Waals surface area contributed by atoms with Crippen molar-refractivity contribution in [1.82, 2.24) is 9.55 Å². The number of hydrogen-bond donors (Lipinski definition) is 0. The summed E-state index contributed by atoms with van der Waals surface area (Å²) in [6.45, 7) is 3.24. The zero-order valence-electron chi connectivity index (χ0n) is 14.6. The molecule has 2 aromatic rings. The molecule has 138 valence electrons. The number of sulfone groups is 1. The number of carbonyl (C=O) groups is 2. The second kappa shape index (κ2) is 7.03. The number of nitrogens with zero attached hydrogens (tertiary/aromatic N) is 2. The number of ketones is 1. The quantitative estimate of drug-likeness (QED) is 0.584. The van der Waals surface area contributed by atoms with Gasteiger partial charge in [-0.1, -0.05) is 6.07 Å². The number of ether oxygens (including phenoxy) is 1. The number of Topliss-reactive ketones (excluding diaryl/α,β-unsaturated/α-hetero) is 1. The highest BCUT2D eigenvalue weighted by Crippen LogP contribution is 2.29. The molecule has 3 rings (SSSR count). The Morgan fingerprint density at radius 2 is 2.08 bits per heavy atom. The number of esters is 1. The minimum Gasteiger partial charge on any atom is -0.453 e. The van der Waals surface area contributed by atoms with Crippen molar-refractivity contribution in [2.75, 3.05) is 18.1 Å². The molecule has 0 bridgehead atoms. The summed E-state index contributed by atoms with van der Waals surface area (Å²) in [6, 6.07) is 6.42. The van der Waals surface area contributed by atoms with Gasteiger partial charge in [-0.2, -0.15) is 0 Å². The first-order valence-corrected chi connectivity index (χ1v) is 10.1. The summed E-state index contributed by atoms with van der Waals surface area (Å²) in [4.78, 5) is 28.3. The molecule has 0 aliphatic carbocycles. The summed E-state index contributed by atoms with van der Waals surface area (Å²) in [5.41, 5.74) is 2.11. The zero-order chi connectivity index (χ0) is 18.9. The van der Waals surface area contributed by atoms with Crippen LogP contribution in [0.2, 0.25) is 0 Å². The second-order valence-electron chi connectivity index (χ2n) is 6.43. The molecule has 0 spiro atoms. The Kier molecular flexibility index (Phi) is 4.95. The van der Waals surface area contributed by atoms with Crippen molar-refractivity contribution in [3.8, 4) is 0 Å². The Labute approximate surface area is 151 Å². The van der Waals surface area contributed by atoms with E-state index in [1.807, 2.05) is 11.5 Å². The van der Waals surface area contributed by atoms with Crippen LogP contribution in [0, 0.1) is 13.8 Å². The van der Waals surface area contributed by atoms with E-state index in [4.69, 9.17) is 4.74 Å². The normalized spacial score (nSPS) is 18.6. The molecular formula is C18H20N2O5S. The lowest BCUT2D eigenvalue weighted by Gasteiger charge is -2.16. The summed E-state index contributed by atoms with van der Waals surface area (Å²) in [5, 5.41) is 0. The van der Waals surface area contributed by atoms with Crippen molar-refractivity contribution < 1.29 is 22.7 Å². The first-order valence-electron chi connectivity index (χ1n) is 8.29. The van der Waals surface area contributed by atoms with Crippen molar-refractivity contribution in [1.29, 1.82) is 0 Å². The Hall–Kier alpha value is -2.48. The maximum Gasteiger partial charge on any atom is 0.357 e. The molecule has 0 amide bonds. The Balaban J connectivity index is 1.72. The number of carbonyl (C=O) groups excluding carboxylic acids is 2. The molecule has 1 atom stereocenters. The molecule has 1 aliphatic heterocycles. The summed E-state index contributed by atoms with van der Waals surface area (Å²) in [7, 11) is -3.02. The van der Waals surface area contributed by atoms with E-state index < -0.39 is 15.8 Å². The van der Waals surface area contributed by atoms with E-state index in [0.29, 0.717) is 17.7 Å². The van der Waals surface area contributed by atoms with Crippen molar-refractivity contribution in [3.05, 3.63) is 53.1 Å². The number of aromatic nitrogens is 2. The highest BCUT2D eigenvalue weighted by Gasteiger charge is 2.31. The van der Waals surface area contributed by atoms with Gasteiger partial charge in [-0.25, -0.2) is 18.2 Å². The van der Waals surface area contributed by atoms with E-state index in [9.17, 15) is 18.0 Å². The molecule has 0 aromatic carbocycles. The van der Waals surface area contributed by atoms with Gasteiger partial charge >= 0.3 is 5.97 Å². The third-order valence-electron chi connectivity index (χ3n) is 4.57. The summed E-state index contributed by atoms with van der Waals surface area (Å²) < 4.78 is 30.4. The minimum absolute atomic E-state index is 0.0889. The molecule has 3 heterocycles. The standard InChI is InChI=1S/C18H20N2O5S/c1-12-9-15(13(2)20(12)14-6-8-26(23,24)11-14)17(21)10-25-18(22)16-5-3-4-7-19-16/h3-5,7,9,14H,6,8,10-11H2,1-2H3/t14-/m0/s1. The molecule has 1 saturated heterocycles. The fourth-order valence-electron chi connectivity index (χ4n) is 3.37.